The van der Waals surface area contributed by atoms with E-state index in [1.54, 1.807) is 6.07 Å². The highest BCUT2D eigenvalue weighted by Gasteiger charge is 2.43. The van der Waals surface area contributed by atoms with Crippen molar-refractivity contribution in [2.45, 2.75) is 76.0 Å². The van der Waals surface area contributed by atoms with Gasteiger partial charge in [0.2, 0.25) is 0 Å². The number of alkyl halides is 3. The minimum atomic E-state index is -5.19. The number of carbonyl (C=O) groups is 1. The SMILES string of the molecule is C=C(C#N)OC1C[C@H](n2cc(C#CC(N)C(=O)C(F)(F)F)c(=O)[nH]c2=O)O[C@@H]1CO[Si](C)(C)C(C)(C)C. The second-order valence-corrected chi connectivity index (χ2v) is 14.8. The monoisotopic (exact) mass is 542 g/mol. The number of allylic oxidation sites excluding steroid dienone is 1. The van der Waals surface area contributed by atoms with E-state index in [0.29, 0.717) is 0 Å². The average Bonchev–Trinajstić information content (AvgIpc) is 3.17. The number of nitriles is 1. The fraction of sp³-hybridized carbons (Fsp3) is 0.565. The minimum absolute atomic E-state index is 0.0527. The van der Waals surface area contributed by atoms with Crippen LogP contribution < -0.4 is 17.0 Å². The van der Waals surface area contributed by atoms with E-state index < -0.39 is 61.6 Å². The van der Waals surface area contributed by atoms with Gasteiger partial charge in [0.05, 0.1) is 6.61 Å². The second-order valence-electron chi connectivity index (χ2n) is 9.95. The molecule has 37 heavy (non-hydrogen) atoms. The van der Waals surface area contributed by atoms with Crippen molar-refractivity contribution in [2.75, 3.05) is 6.61 Å². The summed E-state index contributed by atoms with van der Waals surface area (Å²) in [4.78, 5) is 37.9. The van der Waals surface area contributed by atoms with Crippen LogP contribution in [0.15, 0.2) is 28.1 Å². The predicted octanol–water partition coefficient (Wildman–Crippen LogP) is 2.08. The molecule has 3 N–H and O–H groups in total. The lowest BCUT2D eigenvalue weighted by Gasteiger charge is -2.37. The smallest absolute Gasteiger partial charge is 0.452 e. The number of hydrogen-bond donors (Lipinski definition) is 2. The number of ether oxygens (including phenoxy) is 2. The molecular weight excluding hydrogens is 513 g/mol. The molecule has 0 aromatic carbocycles. The molecular formula is C23H29F3N4O6Si. The number of aromatic nitrogens is 2. The lowest BCUT2D eigenvalue weighted by molar-refractivity contribution is -0.171. The molecule has 1 aliphatic rings. The van der Waals surface area contributed by atoms with Crippen LogP contribution in [0.5, 0.6) is 0 Å². The Morgan fingerprint density at radius 1 is 1.38 bits per heavy atom. The van der Waals surface area contributed by atoms with Gasteiger partial charge in [-0.1, -0.05) is 32.6 Å². The fourth-order valence-corrected chi connectivity index (χ4v) is 4.06. The van der Waals surface area contributed by atoms with Crippen LogP contribution in [0, 0.1) is 23.2 Å². The lowest BCUT2D eigenvalue weighted by Crippen LogP contribution is -2.44. The molecule has 1 aromatic heterocycles. The number of ketones is 1. The van der Waals surface area contributed by atoms with Crippen molar-refractivity contribution in [1.29, 1.82) is 5.26 Å². The van der Waals surface area contributed by atoms with Crippen LogP contribution in [0.2, 0.25) is 18.1 Å². The number of nitrogens with two attached hydrogens (primary N) is 1. The number of H-pyrrole nitrogens is 1. The van der Waals surface area contributed by atoms with Gasteiger partial charge < -0.3 is 19.6 Å². The van der Waals surface area contributed by atoms with Crippen molar-refractivity contribution in [3.05, 3.63) is 44.9 Å². The van der Waals surface area contributed by atoms with E-state index in [1.807, 2.05) is 24.0 Å². The zero-order chi connectivity index (χ0) is 28.3. The highest BCUT2D eigenvalue weighted by Crippen LogP contribution is 2.38. The first-order valence-electron chi connectivity index (χ1n) is 11.2. The number of hydrogen-bond acceptors (Lipinski definition) is 8. The van der Waals surface area contributed by atoms with E-state index in [-0.39, 0.29) is 23.8 Å². The van der Waals surface area contributed by atoms with Gasteiger partial charge in [0.1, 0.15) is 36.1 Å². The summed E-state index contributed by atoms with van der Waals surface area (Å²) in [5.41, 5.74) is 2.91. The number of nitrogens with one attached hydrogen (secondary N) is 1. The van der Waals surface area contributed by atoms with Crippen molar-refractivity contribution in [3.8, 4) is 17.9 Å². The van der Waals surface area contributed by atoms with Gasteiger partial charge >= 0.3 is 11.9 Å². The van der Waals surface area contributed by atoms with Crippen molar-refractivity contribution in [1.82, 2.24) is 9.55 Å². The molecule has 1 fully saturated rings. The maximum absolute atomic E-state index is 12.5. The number of carbonyl (C=O) groups excluding carboxylic acids is 1. The molecule has 2 unspecified atom stereocenters. The summed E-state index contributed by atoms with van der Waals surface area (Å²) in [6.45, 7) is 13.8. The molecule has 0 spiro atoms. The molecule has 1 aromatic rings. The number of aromatic amines is 1. The van der Waals surface area contributed by atoms with Crippen LogP contribution in [0.1, 0.15) is 39.0 Å². The van der Waals surface area contributed by atoms with Gasteiger partial charge in [0, 0.05) is 12.6 Å². The Hall–Kier alpha value is -3.17. The first-order valence-corrected chi connectivity index (χ1v) is 14.1. The highest BCUT2D eigenvalue weighted by atomic mass is 28.4. The molecule has 1 saturated heterocycles. The Morgan fingerprint density at radius 2 is 2.00 bits per heavy atom. The molecule has 1 aliphatic heterocycles. The van der Waals surface area contributed by atoms with E-state index in [2.05, 4.69) is 33.3 Å². The molecule has 0 radical (unpaired) electrons. The molecule has 0 amide bonds. The number of Topliss-reactive ketones (excluding diaryl/α,β-unsaturated/α-hetero) is 1. The summed E-state index contributed by atoms with van der Waals surface area (Å²) < 4.78 is 56.4. The van der Waals surface area contributed by atoms with Crippen LogP contribution in [0.4, 0.5) is 13.2 Å². The maximum Gasteiger partial charge on any atom is 0.452 e. The van der Waals surface area contributed by atoms with Gasteiger partial charge in [0.25, 0.3) is 11.3 Å². The molecule has 10 nitrogen and oxygen atoms in total. The van der Waals surface area contributed by atoms with Crippen molar-refractivity contribution >= 4 is 14.1 Å². The van der Waals surface area contributed by atoms with Gasteiger partial charge in [-0.05, 0) is 24.7 Å². The second kappa shape index (κ2) is 11.1. The minimum Gasteiger partial charge on any atom is -0.478 e. The topological polar surface area (TPSA) is 149 Å². The Kier molecular flexibility index (Phi) is 8.99. The summed E-state index contributed by atoms with van der Waals surface area (Å²) in [6, 6.07) is -0.433. The van der Waals surface area contributed by atoms with E-state index >= 15 is 0 Å². The molecule has 14 heteroatoms. The quantitative estimate of drug-likeness (QED) is 0.230. The summed E-state index contributed by atoms with van der Waals surface area (Å²) in [6.07, 6.45) is -6.59. The van der Waals surface area contributed by atoms with Gasteiger partial charge in [-0.2, -0.15) is 18.4 Å². The van der Waals surface area contributed by atoms with Gasteiger partial charge in [0.15, 0.2) is 14.1 Å². The van der Waals surface area contributed by atoms with Gasteiger partial charge in [-0.25, -0.2) is 4.79 Å². The van der Waals surface area contributed by atoms with Crippen molar-refractivity contribution in [3.63, 3.8) is 0 Å². The van der Waals surface area contributed by atoms with Crippen molar-refractivity contribution < 1.29 is 31.9 Å². The Labute approximate surface area is 212 Å². The van der Waals surface area contributed by atoms with E-state index in [0.717, 1.165) is 10.8 Å². The largest absolute Gasteiger partial charge is 0.478 e. The summed E-state index contributed by atoms with van der Waals surface area (Å²) >= 11 is 0. The standard InChI is InChI=1S/C23H29F3N4O6Si/c1-13(10-27)35-16-9-18(36-17(16)12-34-37(5,6)22(2,3)4)30-11-14(20(32)29-21(30)33)7-8-15(28)19(31)23(24,25)26/h11,15-18H,1,9,12,28H2,2-6H3,(H,29,32,33)/t15?,16?,17-,18-/m1/s1. The highest BCUT2D eigenvalue weighted by molar-refractivity contribution is 6.74. The van der Waals surface area contributed by atoms with E-state index in [1.165, 1.54) is 0 Å². The third-order valence-electron chi connectivity index (χ3n) is 6.22. The van der Waals surface area contributed by atoms with Gasteiger partial charge in [-0.15, -0.1) is 0 Å². The first-order chi connectivity index (χ1) is 16.9. The van der Waals surface area contributed by atoms with Crippen LogP contribution in [0.3, 0.4) is 0 Å². The van der Waals surface area contributed by atoms with Crippen LogP contribution >= 0.6 is 0 Å². The fourth-order valence-electron chi connectivity index (χ4n) is 3.05. The number of rotatable bonds is 7. The zero-order valence-corrected chi connectivity index (χ0v) is 22.1. The Bertz CT molecular complexity index is 1260. The van der Waals surface area contributed by atoms with E-state index in [4.69, 9.17) is 24.9 Å². The van der Waals surface area contributed by atoms with Gasteiger partial charge in [-0.3, -0.25) is 19.1 Å². The number of nitrogens with zero attached hydrogens (tertiary/aromatic N) is 2. The Morgan fingerprint density at radius 3 is 2.54 bits per heavy atom. The maximum atomic E-state index is 12.5. The first kappa shape index (κ1) is 30.1. The molecule has 2 heterocycles. The normalized spacial score (nSPS) is 20.9. The number of halogens is 3. The van der Waals surface area contributed by atoms with Crippen LogP contribution in [-0.4, -0.2) is 54.7 Å². The van der Waals surface area contributed by atoms with Crippen LogP contribution in [0.25, 0.3) is 0 Å². The summed E-state index contributed by atoms with van der Waals surface area (Å²) in [5.74, 6) is 1.56. The summed E-state index contributed by atoms with van der Waals surface area (Å²) in [5, 5.41) is 8.98. The summed E-state index contributed by atoms with van der Waals surface area (Å²) in [7, 11) is -2.20. The van der Waals surface area contributed by atoms with E-state index in [9.17, 15) is 27.6 Å². The van der Waals surface area contributed by atoms with Crippen LogP contribution in [-0.2, 0) is 18.7 Å². The average molecular weight is 543 g/mol. The zero-order valence-electron chi connectivity index (χ0n) is 21.1. The molecule has 2 rings (SSSR count). The third kappa shape index (κ3) is 7.42. The molecule has 0 aliphatic carbocycles. The molecule has 0 bridgehead atoms. The Balaban J connectivity index is 2.36. The molecule has 202 valence electrons. The molecule has 0 saturated carbocycles. The predicted molar refractivity (Wildman–Crippen MR) is 129 cm³/mol. The van der Waals surface area contributed by atoms with Crippen molar-refractivity contribution in [2.24, 2.45) is 5.73 Å². The lowest BCUT2D eigenvalue weighted by atomic mass is 10.1. The molecule has 4 atom stereocenters. The third-order valence-corrected chi connectivity index (χ3v) is 10.7.